The van der Waals surface area contributed by atoms with Gasteiger partial charge in [0.2, 0.25) is 0 Å². The lowest BCUT2D eigenvalue weighted by molar-refractivity contribution is -0.0838. The highest BCUT2D eigenvalue weighted by Gasteiger charge is 2.36. The van der Waals surface area contributed by atoms with Gasteiger partial charge in [-0.25, -0.2) is 0 Å². The van der Waals surface area contributed by atoms with Crippen LogP contribution in [0.5, 0.6) is 0 Å². The van der Waals surface area contributed by atoms with Crippen molar-refractivity contribution in [2.45, 2.75) is 11.6 Å². The van der Waals surface area contributed by atoms with Crippen molar-refractivity contribution in [2.75, 3.05) is 7.11 Å². The van der Waals surface area contributed by atoms with Crippen molar-refractivity contribution in [1.82, 2.24) is 0 Å². The smallest absolute Gasteiger partial charge is 0.366 e. The van der Waals surface area contributed by atoms with Crippen LogP contribution < -0.4 is 0 Å². The molecular formula is C7H7F3OS. The number of alkyl halides is 3. The molecule has 1 nitrogen and oxygen atoms in total. The third-order valence-corrected chi connectivity index (χ3v) is 2.47. The minimum atomic E-state index is -4.26. The highest BCUT2D eigenvalue weighted by Crippen LogP contribution is 2.39. The number of halogens is 3. The Morgan fingerprint density at radius 1 is 1.50 bits per heavy atom. The minimum Gasteiger partial charge on any atom is -0.366 e. The van der Waals surface area contributed by atoms with E-state index in [-0.39, 0.29) is 0 Å². The van der Waals surface area contributed by atoms with Crippen molar-refractivity contribution in [3.05, 3.63) is 23.1 Å². The van der Waals surface area contributed by atoms with Crippen LogP contribution in [0.15, 0.2) is 23.1 Å². The van der Waals surface area contributed by atoms with E-state index in [4.69, 9.17) is 4.74 Å². The van der Waals surface area contributed by atoms with Crippen LogP contribution in [0.25, 0.3) is 0 Å². The van der Waals surface area contributed by atoms with Crippen molar-refractivity contribution in [1.29, 1.82) is 0 Å². The first-order chi connectivity index (χ1) is 5.54. The predicted octanol–water partition coefficient (Wildman–Crippen LogP) is 2.71. The molecule has 0 aromatic rings. The van der Waals surface area contributed by atoms with Gasteiger partial charge in [0.25, 0.3) is 0 Å². The van der Waals surface area contributed by atoms with E-state index >= 15 is 0 Å². The first-order valence-corrected chi connectivity index (χ1v) is 4.07. The van der Waals surface area contributed by atoms with Gasteiger partial charge in [0, 0.05) is 7.11 Å². The van der Waals surface area contributed by atoms with Gasteiger partial charge in [-0.2, -0.15) is 13.2 Å². The van der Waals surface area contributed by atoms with Gasteiger partial charge in [-0.05, 0) is 12.2 Å². The summed E-state index contributed by atoms with van der Waals surface area (Å²) in [6.07, 6.45) is -0.292. The van der Waals surface area contributed by atoms with Gasteiger partial charge in [0.1, 0.15) is 5.44 Å². The molecule has 0 aromatic heterocycles. The highest BCUT2D eigenvalue weighted by molar-refractivity contribution is 8.03. The lowest BCUT2D eigenvalue weighted by Gasteiger charge is -2.18. The second-order valence-electron chi connectivity index (χ2n) is 2.14. The fourth-order valence-corrected chi connectivity index (χ4v) is 1.53. The molecule has 0 amide bonds. The Morgan fingerprint density at radius 2 is 2.17 bits per heavy atom. The molecule has 0 bridgehead atoms. The fourth-order valence-electron chi connectivity index (χ4n) is 0.725. The number of hydrogen-bond donors (Lipinski definition) is 0. The van der Waals surface area contributed by atoms with Gasteiger partial charge < -0.3 is 4.74 Å². The molecule has 68 valence electrons. The molecule has 0 N–H and O–H groups in total. The van der Waals surface area contributed by atoms with Gasteiger partial charge in [0.05, 0.1) is 4.91 Å². The van der Waals surface area contributed by atoms with E-state index in [0.717, 1.165) is 6.08 Å². The number of rotatable bonds is 1. The van der Waals surface area contributed by atoms with Gasteiger partial charge >= 0.3 is 6.18 Å². The Balaban J connectivity index is 2.70. The molecule has 1 aliphatic rings. The number of ether oxygens (including phenoxy) is 1. The molecule has 0 spiro atoms. The van der Waals surface area contributed by atoms with E-state index in [9.17, 15) is 13.2 Å². The molecule has 1 aliphatic heterocycles. The van der Waals surface area contributed by atoms with Gasteiger partial charge in [0.15, 0.2) is 0 Å². The summed E-state index contributed by atoms with van der Waals surface area (Å²) in [5, 5.41) is 0. The summed E-state index contributed by atoms with van der Waals surface area (Å²) in [5.74, 6) is 0. The fraction of sp³-hybridized carbons (Fsp3) is 0.429. The first kappa shape index (κ1) is 9.67. The topological polar surface area (TPSA) is 9.23 Å². The summed E-state index contributed by atoms with van der Waals surface area (Å²) in [5.41, 5.74) is -0.522. The molecule has 0 aromatic carbocycles. The predicted molar refractivity (Wildman–Crippen MR) is 41.7 cm³/mol. The van der Waals surface area contributed by atoms with Crippen LogP contribution >= 0.6 is 11.8 Å². The molecule has 1 rings (SSSR count). The summed E-state index contributed by atoms with van der Waals surface area (Å²) in [6, 6.07) is 0. The summed E-state index contributed by atoms with van der Waals surface area (Å²) in [4.78, 5) is -0.614. The number of allylic oxidation sites excluding steroid dienone is 3. The van der Waals surface area contributed by atoms with E-state index in [1.165, 1.54) is 13.2 Å². The SMILES string of the molecule is COC1C=CC=C(C(F)(F)F)S1. The van der Waals surface area contributed by atoms with Crippen molar-refractivity contribution < 1.29 is 17.9 Å². The molecule has 0 saturated carbocycles. The maximum absolute atomic E-state index is 12.1. The number of methoxy groups -OCH3 is 1. The third kappa shape index (κ3) is 2.28. The highest BCUT2D eigenvalue weighted by atomic mass is 32.2. The second kappa shape index (κ2) is 3.53. The first-order valence-electron chi connectivity index (χ1n) is 3.19. The summed E-state index contributed by atoms with van der Waals surface area (Å²) in [7, 11) is 1.38. The molecule has 1 atom stereocenters. The number of hydrogen-bond acceptors (Lipinski definition) is 2. The molecule has 1 unspecified atom stereocenters. The third-order valence-electron chi connectivity index (χ3n) is 1.27. The van der Waals surface area contributed by atoms with Crippen LogP contribution in [0.2, 0.25) is 0 Å². The molecule has 0 fully saturated rings. The lowest BCUT2D eigenvalue weighted by atomic mass is 10.4. The molecule has 5 heteroatoms. The molecule has 0 radical (unpaired) electrons. The van der Waals surface area contributed by atoms with E-state index in [0.29, 0.717) is 11.8 Å². The monoisotopic (exact) mass is 196 g/mol. The summed E-state index contributed by atoms with van der Waals surface area (Å²) in [6.45, 7) is 0. The van der Waals surface area contributed by atoms with Crippen LogP contribution in [0.4, 0.5) is 13.2 Å². The van der Waals surface area contributed by atoms with Crippen molar-refractivity contribution in [3.8, 4) is 0 Å². The Morgan fingerprint density at radius 3 is 2.67 bits per heavy atom. The number of thioether (sulfide) groups is 1. The Bertz CT molecular complexity index is 219. The summed E-state index contributed by atoms with van der Waals surface area (Å²) < 4.78 is 41.0. The average Bonchev–Trinajstić information content (AvgIpc) is 2.03. The van der Waals surface area contributed by atoms with Crippen molar-refractivity contribution in [2.24, 2.45) is 0 Å². The van der Waals surface area contributed by atoms with E-state index in [2.05, 4.69) is 0 Å². The molecule has 1 heterocycles. The zero-order valence-corrected chi connectivity index (χ0v) is 7.08. The lowest BCUT2D eigenvalue weighted by Crippen LogP contribution is -2.15. The van der Waals surface area contributed by atoms with Crippen molar-refractivity contribution in [3.63, 3.8) is 0 Å². The van der Waals surface area contributed by atoms with E-state index < -0.39 is 16.5 Å². The standard InChI is InChI=1S/C7H7F3OS/c1-11-6-4-2-3-5(12-6)7(8,9)10/h2-4,6H,1H3. The van der Waals surface area contributed by atoms with Crippen LogP contribution in [-0.4, -0.2) is 18.7 Å². The maximum Gasteiger partial charge on any atom is 0.422 e. The van der Waals surface area contributed by atoms with Crippen molar-refractivity contribution >= 4 is 11.8 Å². The quantitative estimate of drug-likeness (QED) is 0.637. The van der Waals surface area contributed by atoms with Gasteiger partial charge in [-0.15, -0.1) is 0 Å². The molecule has 0 saturated heterocycles. The largest absolute Gasteiger partial charge is 0.422 e. The zero-order valence-electron chi connectivity index (χ0n) is 6.26. The Hall–Kier alpha value is -0.420. The van der Waals surface area contributed by atoms with Crippen LogP contribution in [-0.2, 0) is 4.74 Å². The molecular weight excluding hydrogens is 189 g/mol. The zero-order chi connectivity index (χ0) is 9.19. The molecule has 0 aliphatic carbocycles. The van der Waals surface area contributed by atoms with E-state index in [1.807, 2.05) is 0 Å². The Labute approximate surface area is 72.3 Å². The molecule has 12 heavy (non-hydrogen) atoms. The van der Waals surface area contributed by atoms with E-state index in [1.54, 1.807) is 6.08 Å². The van der Waals surface area contributed by atoms with Crippen LogP contribution in [0, 0.1) is 0 Å². The van der Waals surface area contributed by atoms with Crippen LogP contribution in [0.1, 0.15) is 0 Å². The van der Waals surface area contributed by atoms with Gasteiger partial charge in [-0.1, -0.05) is 17.8 Å². The Kier molecular flexibility index (Phi) is 2.85. The summed E-state index contributed by atoms with van der Waals surface area (Å²) >= 11 is 0.666. The van der Waals surface area contributed by atoms with Crippen LogP contribution in [0.3, 0.4) is 0 Å². The average molecular weight is 196 g/mol. The normalized spacial score (nSPS) is 24.0. The second-order valence-corrected chi connectivity index (χ2v) is 3.28. The minimum absolute atomic E-state index is 0.522. The maximum atomic E-state index is 12.1. The van der Waals surface area contributed by atoms with Gasteiger partial charge in [-0.3, -0.25) is 0 Å².